The molecule has 0 atom stereocenters. The third-order valence-electron chi connectivity index (χ3n) is 7.58. The third-order valence-corrected chi connectivity index (χ3v) is 7.58. The van der Waals surface area contributed by atoms with Gasteiger partial charge in [-0.05, 0) is 47.5 Å². The monoisotopic (exact) mass is 552 g/mol. The average Bonchev–Trinajstić information content (AvgIpc) is 3.42. The molecule has 8 rings (SSSR count). The fraction of sp³-hybridized carbons (Fsp3) is 0. The van der Waals surface area contributed by atoms with Gasteiger partial charge in [0.2, 0.25) is 5.95 Å². The van der Waals surface area contributed by atoms with Crippen LogP contribution in [0.25, 0.3) is 73.0 Å². The van der Waals surface area contributed by atoms with Crippen molar-refractivity contribution >= 4 is 21.8 Å². The summed E-state index contributed by atoms with van der Waals surface area (Å²) in [6, 6.07) is 45.2. The Morgan fingerprint density at radius 1 is 0.372 bits per heavy atom. The maximum absolute atomic E-state index is 4.96. The Hall–Kier alpha value is -6.01. The molecule has 0 amide bonds. The van der Waals surface area contributed by atoms with Gasteiger partial charge < -0.3 is 0 Å². The molecule has 0 spiro atoms. The quantitative estimate of drug-likeness (QED) is 0.214. The Morgan fingerprint density at radius 3 is 1.35 bits per heavy atom. The minimum atomic E-state index is 0.616. The average molecular weight is 553 g/mol. The highest BCUT2D eigenvalue weighted by Crippen LogP contribution is 2.36. The van der Waals surface area contributed by atoms with Crippen molar-refractivity contribution < 1.29 is 0 Å². The number of hydrogen-bond acceptors (Lipinski definition) is 5. The first-order valence-corrected chi connectivity index (χ1v) is 14.1. The van der Waals surface area contributed by atoms with Gasteiger partial charge in [-0.2, -0.15) is 0 Å². The van der Waals surface area contributed by atoms with E-state index in [4.69, 9.17) is 15.0 Å². The maximum Gasteiger partial charge on any atom is 0.234 e. The van der Waals surface area contributed by atoms with Gasteiger partial charge in [0.25, 0.3) is 0 Å². The lowest BCUT2D eigenvalue weighted by atomic mass is 10.0. The van der Waals surface area contributed by atoms with Crippen LogP contribution >= 0.6 is 0 Å². The highest BCUT2D eigenvalue weighted by atomic mass is 15.1. The predicted molar refractivity (Wildman–Crippen MR) is 171 cm³/mol. The van der Waals surface area contributed by atoms with Crippen LogP contribution in [-0.4, -0.2) is 29.5 Å². The summed E-state index contributed by atoms with van der Waals surface area (Å²) < 4.78 is 2.11. The summed E-state index contributed by atoms with van der Waals surface area (Å²) in [5.41, 5.74) is 7.13. The molecule has 0 unspecified atom stereocenters. The molecule has 0 saturated heterocycles. The van der Waals surface area contributed by atoms with Gasteiger partial charge >= 0.3 is 0 Å². The molecule has 0 fully saturated rings. The predicted octanol–water partition coefficient (Wildman–Crippen LogP) is 8.43. The Balaban J connectivity index is 1.37. The van der Waals surface area contributed by atoms with E-state index in [9.17, 15) is 0 Å². The number of aromatic nitrogens is 6. The molecule has 5 aromatic carbocycles. The van der Waals surface area contributed by atoms with Crippen molar-refractivity contribution in [3.63, 3.8) is 0 Å². The largest absolute Gasteiger partial charge is 0.278 e. The Labute approximate surface area is 248 Å². The zero-order valence-corrected chi connectivity index (χ0v) is 23.0. The highest BCUT2D eigenvalue weighted by molar-refractivity contribution is 6.11. The summed E-state index contributed by atoms with van der Waals surface area (Å²) >= 11 is 0. The standard InChI is InChI=1S/C37H24N6/c1-4-11-25(12-5-1)28-17-19-32-30(23-28)31-24-29(18-20-33(31)43(32)37-38-21-10-22-39-37)36-41-34(26-13-6-2-7-14-26)40-35(42-36)27-15-8-3-9-16-27/h1-24H. The second kappa shape index (κ2) is 10.4. The third kappa shape index (κ3) is 4.51. The molecule has 0 aliphatic rings. The maximum atomic E-state index is 4.96. The van der Waals surface area contributed by atoms with E-state index in [1.807, 2.05) is 72.8 Å². The molecule has 0 aliphatic carbocycles. The summed E-state index contributed by atoms with van der Waals surface area (Å²) in [6.45, 7) is 0. The van der Waals surface area contributed by atoms with E-state index in [1.54, 1.807) is 12.4 Å². The van der Waals surface area contributed by atoms with Gasteiger partial charge in [-0.3, -0.25) is 4.57 Å². The minimum absolute atomic E-state index is 0.616. The molecule has 43 heavy (non-hydrogen) atoms. The summed E-state index contributed by atoms with van der Waals surface area (Å²) in [5.74, 6) is 2.51. The summed E-state index contributed by atoms with van der Waals surface area (Å²) in [7, 11) is 0. The van der Waals surface area contributed by atoms with E-state index in [0.29, 0.717) is 23.4 Å². The Bertz CT molecular complexity index is 2150. The minimum Gasteiger partial charge on any atom is -0.278 e. The van der Waals surface area contributed by atoms with Gasteiger partial charge in [0.05, 0.1) is 11.0 Å². The summed E-state index contributed by atoms with van der Waals surface area (Å²) in [6.07, 6.45) is 3.54. The van der Waals surface area contributed by atoms with Crippen molar-refractivity contribution in [2.24, 2.45) is 0 Å². The van der Waals surface area contributed by atoms with Gasteiger partial charge in [0.1, 0.15) is 0 Å². The molecule has 0 saturated carbocycles. The van der Waals surface area contributed by atoms with Crippen molar-refractivity contribution in [2.45, 2.75) is 0 Å². The van der Waals surface area contributed by atoms with Crippen molar-refractivity contribution in [3.8, 4) is 51.2 Å². The van der Waals surface area contributed by atoms with Crippen LogP contribution in [0.5, 0.6) is 0 Å². The molecule has 0 aliphatic heterocycles. The summed E-state index contributed by atoms with van der Waals surface area (Å²) in [5, 5.41) is 2.17. The van der Waals surface area contributed by atoms with E-state index >= 15 is 0 Å². The zero-order chi connectivity index (χ0) is 28.6. The van der Waals surface area contributed by atoms with Gasteiger partial charge in [0, 0.05) is 39.9 Å². The van der Waals surface area contributed by atoms with E-state index in [2.05, 4.69) is 75.2 Å². The van der Waals surface area contributed by atoms with Crippen LogP contribution in [0.1, 0.15) is 0 Å². The van der Waals surface area contributed by atoms with Gasteiger partial charge in [-0.25, -0.2) is 24.9 Å². The highest BCUT2D eigenvalue weighted by Gasteiger charge is 2.18. The van der Waals surface area contributed by atoms with Crippen molar-refractivity contribution in [3.05, 3.63) is 146 Å². The second-order valence-electron chi connectivity index (χ2n) is 10.3. The second-order valence-corrected chi connectivity index (χ2v) is 10.3. The normalized spacial score (nSPS) is 11.3. The molecule has 202 valence electrons. The van der Waals surface area contributed by atoms with E-state index in [-0.39, 0.29) is 0 Å². The van der Waals surface area contributed by atoms with Crippen LogP contribution in [0.4, 0.5) is 0 Å². The molecule has 6 heteroatoms. The number of benzene rings is 5. The van der Waals surface area contributed by atoms with Crippen molar-refractivity contribution in [1.82, 2.24) is 29.5 Å². The van der Waals surface area contributed by atoms with E-state index < -0.39 is 0 Å². The van der Waals surface area contributed by atoms with Crippen LogP contribution in [0, 0.1) is 0 Å². The van der Waals surface area contributed by atoms with Gasteiger partial charge in [-0.15, -0.1) is 0 Å². The SMILES string of the molecule is c1ccc(-c2ccc3c(c2)c2cc(-c4nc(-c5ccccc5)nc(-c5ccccc5)n4)ccc2n3-c2ncccn2)cc1. The van der Waals surface area contributed by atoms with Crippen molar-refractivity contribution in [1.29, 1.82) is 0 Å². The zero-order valence-electron chi connectivity index (χ0n) is 23.0. The lowest BCUT2D eigenvalue weighted by molar-refractivity contribution is 0.988. The first-order valence-electron chi connectivity index (χ1n) is 14.1. The van der Waals surface area contributed by atoms with Crippen LogP contribution in [0.3, 0.4) is 0 Å². The molecule has 0 bridgehead atoms. The van der Waals surface area contributed by atoms with Crippen molar-refractivity contribution in [2.75, 3.05) is 0 Å². The lowest BCUT2D eigenvalue weighted by Crippen LogP contribution is -2.01. The molecule has 8 aromatic rings. The smallest absolute Gasteiger partial charge is 0.234 e. The molecule has 0 N–H and O–H groups in total. The van der Waals surface area contributed by atoms with Gasteiger partial charge in [-0.1, -0.05) is 97.1 Å². The fourth-order valence-electron chi connectivity index (χ4n) is 5.53. The number of nitrogens with zero attached hydrogens (tertiary/aromatic N) is 6. The van der Waals surface area contributed by atoms with Crippen LogP contribution < -0.4 is 0 Å². The molecule has 0 radical (unpaired) electrons. The molecular formula is C37H24N6. The number of fused-ring (bicyclic) bond motifs is 3. The number of rotatable bonds is 5. The molecule has 3 heterocycles. The van der Waals surface area contributed by atoms with Crippen LogP contribution in [0.2, 0.25) is 0 Å². The first kappa shape index (κ1) is 24.8. The topological polar surface area (TPSA) is 69.4 Å². The number of hydrogen-bond donors (Lipinski definition) is 0. The molecule has 3 aromatic heterocycles. The van der Waals surface area contributed by atoms with Crippen LogP contribution in [0.15, 0.2) is 146 Å². The molecular weight excluding hydrogens is 528 g/mol. The Morgan fingerprint density at radius 2 is 0.814 bits per heavy atom. The fourth-order valence-corrected chi connectivity index (χ4v) is 5.53. The summed E-state index contributed by atoms with van der Waals surface area (Å²) in [4.78, 5) is 24.0. The Kier molecular flexibility index (Phi) is 6.01. The van der Waals surface area contributed by atoms with Gasteiger partial charge in [0.15, 0.2) is 17.5 Å². The van der Waals surface area contributed by atoms with E-state index in [1.165, 1.54) is 0 Å². The van der Waals surface area contributed by atoms with E-state index in [0.717, 1.165) is 49.6 Å². The lowest BCUT2D eigenvalue weighted by Gasteiger charge is -2.09. The van der Waals surface area contributed by atoms with Crippen LogP contribution in [-0.2, 0) is 0 Å². The first-order chi connectivity index (χ1) is 21.3. The molecule has 6 nitrogen and oxygen atoms in total.